The van der Waals surface area contributed by atoms with Crippen LogP contribution in [0, 0.1) is 5.92 Å². The van der Waals surface area contributed by atoms with Gasteiger partial charge in [0.15, 0.2) is 0 Å². The van der Waals surface area contributed by atoms with Gasteiger partial charge in [-0.25, -0.2) is 0 Å². The molecule has 7 heteroatoms. The summed E-state index contributed by atoms with van der Waals surface area (Å²) in [4.78, 5) is 15.0. The van der Waals surface area contributed by atoms with E-state index < -0.39 is 0 Å². The average molecular weight is 409 g/mol. The average Bonchev–Trinajstić information content (AvgIpc) is 2.56. The fourth-order valence-electron chi connectivity index (χ4n) is 3.72. The molecule has 3 N–H and O–H groups in total. The van der Waals surface area contributed by atoms with E-state index in [1.54, 1.807) is 0 Å². The van der Waals surface area contributed by atoms with Crippen LogP contribution < -0.4 is 16.0 Å². The van der Waals surface area contributed by atoms with Crippen molar-refractivity contribution in [3.63, 3.8) is 0 Å². The SMILES string of the molecule is Cl.Cl.NC1CCCC(C(=O)Nc2cc(Cl)ccc2N2CCCCC2)C1. The van der Waals surface area contributed by atoms with Crippen LogP contribution in [0.15, 0.2) is 18.2 Å². The number of rotatable bonds is 3. The minimum Gasteiger partial charge on any atom is -0.370 e. The zero-order valence-electron chi connectivity index (χ0n) is 14.4. The number of anilines is 2. The van der Waals surface area contributed by atoms with Crippen LogP contribution in [0.4, 0.5) is 11.4 Å². The van der Waals surface area contributed by atoms with Crippen molar-refractivity contribution in [2.45, 2.75) is 51.0 Å². The number of benzene rings is 1. The number of amides is 1. The molecule has 0 bridgehead atoms. The Morgan fingerprint density at radius 2 is 1.84 bits per heavy atom. The summed E-state index contributed by atoms with van der Waals surface area (Å²) in [6.45, 7) is 2.08. The third kappa shape index (κ3) is 5.92. The van der Waals surface area contributed by atoms with Crippen molar-refractivity contribution in [2.75, 3.05) is 23.3 Å². The Morgan fingerprint density at radius 3 is 2.52 bits per heavy atom. The number of hydrogen-bond donors (Lipinski definition) is 2. The van der Waals surface area contributed by atoms with Crippen LogP contribution in [-0.2, 0) is 4.79 Å². The number of hydrogen-bond acceptors (Lipinski definition) is 3. The number of nitrogens with zero attached hydrogens (tertiary/aromatic N) is 1. The van der Waals surface area contributed by atoms with Gasteiger partial charge in [0.25, 0.3) is 0 Å². The van der Waals surface area contributed by atoms with E-state index >= 15 is 0 Å². The molecule has 4 nitrogen and oxygen atoms in total. The van der Waals surface area contributed by atoms with Gasteiger partial charge in [0.2, 0.25) is 5.91 Å². The van der Waals surface area contributed by atoms with Gasteiger partial charge in [0.1, 0.15) is 0 Å². The molecule has 2 fully saturated rings. The molecule has 1 aliphatic heterocycles. The maximum atomic E-state index is 12.6. The molecule has 142 valence electrons. The van der Waals surface area contributed by atoms with Crippen LogP contribution in [0.5, 0.6) is 0 Å². The van der Waals surface area contributed by atoms with Crippen molar-refractivity contribution in [2.24, 2.45) is 11.7 Å². The van der Waals surface area contributed by atoms with Gasteiger partial charge < -0.3 is 16.0 Å². The van der Waals surface area contributed by atoms with Gasteiger partial charge in [0.05, 0.1) is 11.4 Å². The number of piperidine rings is 1. The number of carbonyl (C=O) groups excluding carboxylic acids is 1. The van der Waals surface area contributed by atoms with Gasteiger partial charge in [-0.05, 0) is 56.7 Å². The molecule has 1 aliphatic carbocycles. The highest BCUT2D eigenvalue weighted by Crippen LogP contribution is 2.32. The highest BCUT2D eigenvalue weighted by Gasteiger charge is 2.26. The predicted molar refractivity (Wildman–Crippen MR) is 111 cm³/mol. The first-order valence-corrected chi connectivity index (χ1v) is 9.12. The van der Waals surface area contributed by atoms with E-state index in [0.717, 1.165) is 50.1 Å². The molecule has 0 spiro atoms. The normalized spacial score (nSPS) is 23.2. The van der Waals surface area contributed by atoms with E-state index in [4.69, 9.17) is 17.3 Å². The smallest absolute Gasteiger partial charge is 0.227 e. The molecule has 3 rings (SSSR count). The highest BCUT2D eigenvalue weighted by atomic mass is 35.5. The van der Waals surface area contributed by atoms with Crippen molar-refractivity contribution in [1.82, 2.24) is 0 Å². The van der Waals surface area contributed by atoms with Crippen LogP contribution in [0.3, 0.4) is 0 Å². The Bertz CT molecular complexity index is 564. The molecule has 1 saturated heterocycles. The van der Waals surface area contributed by atoms with Gasteiger partial charge in [-0.2, -0.15) is 0 Å². The Morgan fingerprint density at radius 1 is 1.12 bits per heavy atom. The molecule has 1 heterocycles. The van der Waals surface area contributed by atoms with E-state index in [9.17, 15) is 4.79 Å². The minimum absolute atomic E-state index is 0. The minimum atomic E-state index is 0. The Balaban J connectivity index is 0.00000156. The van der Waals surface area contributed by atoms with Crippen LogP contribution in [0.1, 0.15) is 44.9 Å². The first kappa shape index (κ1) is 22.4. The zero-order valence-corrected chi connectivity index (χ0v) is 16.8. The van der Waals surface area contributed by atoms with E-state index in [1.165, 1.54) is 19.3 Å². The fourth-order valence-corrected chi connectivity index (χ4v) is 3.89. The van der Waals surface area contributed by atoms with E-state index in [0.29, 0.717) is 5.02 Å². The summed E-state index contributed by atoms with van der Waals surface area (Å²) >= 11 is 6.16. The monoisotopic (exact) mass is 407 g/mol. The van der Waals surface area contributed by atoms with E-state index in [1.807, 2.05) is 18.2 Å². The second-order valence-electron chi connectivity index (χ2n) is 6.82. The lowest BCUT2D eigenvalue weighted by Gasteiger charge is -2.31. The quantitative estimate of drug-likeness (QED) is 0.766. The molecule has 1 aromatic carbocycles. The molecule has 2 aliphatic rings. The zero-order chi connectivity index (χ0) is 16.2. The Hall–Kier alpha value is -0.680. The highest BCUT2D eigenvalue weighted by molar-refractivity contribution is 6.31. The summed E-state index contributed by atoms with van der Waals surface area (Å²) in [7, 11) is 0. The van der Waals surface area contributed by atoms with Crippen LogP contribution in [-0.4, -0.2) is 25.0 Å². The molecule has 0 aromatic heterocycles. The number of nitrogens with two attached hydrogens (primary N) is 1. The molecule has 25 heavy (non-hydrogen) atoms. The van der Waals surface area contributed by atoms with Crippen molar-refractivity contribution in [3.8, 4) is 0 Å². The molecule has 2 atom stereocenters. The third-order valence-electron chi connectivity index (χ3n) is 5.00. The summed E-state index contributed by atoms with van der Waals surface area (Å²) in [5, 5.41) is 3.77. The summed E-state index contributed by atoms with van der Waals surface area (Å²) in [5.74, 6) is 0.104. The standard InChI is InChI=1S/C18H26ClN3O.2ClH/c19-14-7-8-17(22-9-2-1-3-10-22)16(12-14)21-18(23)13-5-4-6-15(20)11-13;;/h7-8,12-13,15H,1-6,9-11,20H2,(H,21,23);2*1H. The first-order valence-electron chi connectivity index (χ1n) is 8.74. The number of nitrogens with one attached hydrogen (secondary N) is 1. The van der Waals surface area contributed by atoms with Gasteiger partial charge in [-0.3, -0.25) is 4.79 Å². The molecule has 0 radical (unpaired) electrons. The molecular formula is C18H28Cl3N3O. The van der Waals surface area contributed by atoms with Crippen molar-refractivity contribution in [3.05, 3.63) is 23.2 Å². The molecule has 2 unspecified atom stereocenters. The van der Waals surface area contributed by atoms with Gasteiger partial charge in [-0.1, -0.05) is 18.0 Å². The van der Waals surface area contributed by atoms with Crippen molar-refractivity contribution in [1.29, 1.82) is 0 Å². The summed E-state index contributed by atoms with van der Waals surface area (Å²) in [6.07, 6.45) is 7.46. The van der Waals surface area contributed by atoms with Crippen LogP contribution in [0.25, 0.3) is 0 Å². The van der Waals surface area contributed by atoms with Gasteiger partial charge in [-0.15, -0.1) is 24.8 Å². The lowest BCUT2D eigenvalue weighted by atomic mass is 9.85. The van der Waals surface area contributed by atoms with Crippen LogP contribution in [0.2, 0.25) is 5.02 Å². The molecular weight excluding hydrogens is 381 g/mol. The maximum Gasteiger partial charge on any atom is 0.227 e. The van der Waals surface area contributed by atoms with E-state index in [-0.39, 0.29) is 42.7 Å². The second kappa shape index (κ2) is 10.5. The largest absolute Gasteiger partial charge is 0.370 e. The Kier molecular flexibility index (Phi) is 9.36. The fraction of sp³-hybridized carbons (Fsp3) is 0.611. The summed E-state index contributed by atoms with van der Waals surface area (Å²) in [6, 6.07) is 5.94. The molecule has 1 saturated carbocycles. The molecule has 1 aromatic rings. The number of carbonyl (C=O) groups is 1. The summed E-state index contributed by atoms with van der Waals surface area (Å²) in [5.41, 5.74) is 7.94. The lowest BCUT2D eigenvalue weighted by Crippen LogP contribution is -2.35. The van der Waals surface area contributed by atoms with E-state index in [2.05, 4.69) is 10.2 Å². The topological polar surface area (TPSA) is 58.4 Å². The number of halogens is 3. The van der Waals surface area contributed by atoms with Crippen molar-refractivity contribution >= 4 is 53.7 Å². The van der Waals surface area contributed by atoms with Crippen molar-refractivity contribution < 1.29 is 4.79 Å². The lowest BCUT2D eigenvalue weighted by molar-refractivity contribution is -0.120. The Labute approximate surface area is 167 Å². The van der Waals surface area contributed by atoms with Gasteiger partial charge >= 0.3 is 0 Å². The third-order valence-corrected chi connectivity index (χ3v) is 5.23. The predicted octanol–water partition coefficient (Wildman–Crippen LogP) is 4.63. The summed E-state index contributed by atoms with van der Waals surface area (Å²) < 4.78 is 0. The second-order valence-corrected chi connectivity index (χ2v) is 7.26. The van der Waals surface area contributed by atoms with Crippen LogP contribution >= 0.6 is 36.4 Å². The van der Waals surface area contributed by atoms with Gasteiger partial charge in [0, 0.05) is 30.1 Å². The molecule has 1 amide bonds. The maximum absolute atomic E-state index is 12.6. The first-order chi connectivity index (χ1) is 11.1.